The Balaban J connectivity index is 1.60. The molecule has 0 amide bonds. The van der Waals surface area contributed by atoms with Crippen molar-refractivity contribution in [2.24, 2.45) is 0 Å². The number of aromatic nitrogens is 1. The number of rotatable bonds is 9. The maximum atomic E-state index is 13.9. The van der Waals surface area contributed by atoms with Gasteiger partial charge in [-0.1, -0.05) is 74.5 Å². The highest BCUT2D eigenvalue weighted by Gasteiger charge is 2.33. The van der Waals surface area contributed by atoms with Crippen molar-refractivity contribution in [3.05, 3.63) is 120 Å². The third-order valence-corrected chi connectivity index (χ3v) is 9.07. The van der Waals surface area contributed by atoms with E-state index in [1.807, 2.05) is 36.4 Å². The molecule has 0 bridgehead atoms. The van der Waals surface area contributed by atoms with Gasteiger partial charge in [0, 0.05) is 30.7 Å². The zero-order valence-electron chi connectivity index (χ0n) is 23.1. The van der Waals surface area contributed by atoms with Crippen molar-refractivity contribution in [1.29, 1.82) is 0 Å². The van der Waals surface area contributed by atoms with E-state index < -0.39 is 21.8 Å². The van der Waals surface area contributed by atoms with Crippen molar-refractivity contribution in [2.45, 2.75) is 31.3 Å². The predicted molar refractivity (Wildman–Crippen MR) is 158 cm³/mol. The molecular formula is C33H29F3N2O3S. The number of fused-ring (bicyclic) bond motifs is 1. The van der Waals surface area contributed by atoms with Gasteiger partial charge in [0.1, 0.15) is 11.5 Å². The molecule has 0 saturated heterocycles. The summed E-state index contributed by atoms with van der Waals surface area (Å²) in [7, 11) is -3.69. The van der Waals surface area contributed by atoms with E-state index in [4.69, 9.17) is 4.74 Å². The quantitative estimate of drug-likeness (QED) is 0.173. The van der Waals surface area contributed by atoms with Crippen molar-refractivity contribution in [3.8, 4) is 22.6 Å². The Labute approximate surface area is 243 Å². The van der Waals surface area contributed by atoms with Gasteiger partial charge in [0.15, 0.2) is 0 Å². The number of benzene rings is 4. The summed E-state index contributed by atoms with van der Waals surface area (Å²) in [6.07, 6.45) is -2.59. The number of ether oxygens (including phenoxy) is 1. The normalized spacial score (nSPS) is 12.1. The minimum absolute atomic E-state index is 0.116. The van der Waals surface area contributed by atoms with E-state index in [2.05, 4.69) is 4.98 Å². The first-order valence-corrected chi connectivity index (χ1v) is 15.0. The molecule has 0 fully saturated rings. The van der Waals surface area contributed by atoms with Gasteiger partial charge >= 0.3 is 6.18 Å². The van der Waals surface area contributed by atoms with Crippen LogP contribution in [0.1, 0.15) is 30.5 Å². The van der Waals surface area contributed by atoms with Crippen molar-refractivity contribution >= 4 is 20.9 Å². The molecule has 0 radical (unpaired) electrons. The molecule has 5 nitrogen and oxygen atoms in total. The van der Waals surface area contributed by atoms with E-state index in [1.165, 1.54) is 28.7 Å². The molecule has 0 spiro atoms. The van der Waals surface area contributed by atoms with Crippen LogP contribution in [0.15, 0.2) is 108 Å². The molecule has 4 aromatic carbocycles. The molecule has 1 aromatic heterocycles. The number of hydrogen-bond acceptors (Lipinski definition) is 4. The van der Waals surface area contributed by atoms with Crippen molar-refractivity contribution in [2.75, 3.05) is 13.1 Å². The maximum Gasteiger partial charge on any atom is 0.418 e. The van der Waals surface area contributed by atoms with Gasteiger partial charge in [0.05, 0.1) is 16.0 Å². The maximum absolute atomic E-state index is 13.9. The summed E-state index contributed by atoms with van der Waals surface area (Å²) in [5.41, 5.74) is 2.10. The molecule has 1 heterocycles. The van der Waals surface area contributed by atoms with Gasteiger partial charge in [-0.3, -0.25) is 4.98 Å². The average molecular weight is 591 g/mol. The molecule has 42 heavy (non-hydrogen) atoms. The Morgan fingerprint density at radius 2 is 1.48 bits per heavy atom. The number of sulfonamides is 1. The number of para-hydroxylation sites is 1. The van der Waals surface area contributed by atoms with Gasteiger partial charge in [-0.2, -0.15) is 17.5 Å². The first-order valence-electron chi connectivity index (χ1n) is 13.5. The molecule has 0 aliphatic carbocycles. The van der Waals surface area contributed by atoms with E-state index in [0.29, 0.717) is 47.5 Å². The molecule has 0 aliphatic heterocycles. The van der Waals surface area contributed by atoms with Crippen LogP contribution in [-0.4, -0.2) is 30.8 Å². The minimum Gasteiger partial charge on any atom is -0.457 e. The monoisotopic (exact) mass is 590 g/mol. The molecule has 9 heteroatoms. The largest absolute Gasteiger partial charge is 0.457 e. The Bertz CT molecular complexity index is 1820. The van der Waals surface area contributed by atoms with Crippen LogP contribution in [0.4, 0.5) is 13.2 Å². The molecule has 0 unspecified atom stereocenters. The summed E-state index contributed by atoms with van der Waals surface area (Å²) >= 11 is 0. The third-order valence-electron chi connectivity index (χ3n) is 7.03. The van der Waals surface area contributed by atoms with Crippen LogP contribution in [0.2, 0.25) is 0 Å². The SMILES string of the molecule is CCN(CC)S(=O)(=O)c1cccc(Oc2cccc(-c3c(Cc4ccccc4)cnc4c(C(F)(F)F)cccc34)c2)c1. The second-order valence-corrected chi connectivity index (χ2v) is 11.7. The van der Waals surface area contributed by atoms with E-state index >= 15 is 0 Å². The predicted octanol–water partition coefficient (Wildman–Crippen LogP) is 8.33. The van der Waals surface area contributed by atoms with Gasteiger partial charge in [0.2, 0.25) is 10.0 Å². The van der Waals surface area contributed by atoms with Gasteiger partial charge in [-0.15, -0.1) is 0 Å². The van der Waals surface area contributed by atoms with Crippen LogP contribution in [0.3, 0.4) is 0 Å². The summed E-state index contributed by atoms with van der Waals surface area (Å²) in [5.74, 6) is 0.733. The third kappa shape index (κ3) is 6.03. The van der Waals surface area contributed by atoms with Crippen LogP contribution in [0, 0.1) is 0 Å². The second kappa shape index (κ2) is 12.0. The van der Waals surface area contributed by atoms with Crippen molar-refractivity contribution in [3.63, 3.8) is 0 Å². The summed E-state index contributed by atoms with van der Waals surface area (Å²) in [4.78, 5) is 4.38. The van der Waals surface area contributed by atoms with E-state index in [9.17, 15) is 21.6 Å². The smallest absolute Gasteiger partial charge is 0.418 e. The fourth-order valence-corrected chi connectivity index (χ4v) is 6.54. The Kier molecular flexibility index (Phi) is 8.34. The standard InChI is InChI=1S/C33H29F3N2O3S/c1-3-38(4-2)42(39,40)28-16-9-15-27(21-28)41-26-14-8-13-24(20-26)31-25(19-23-11-6-5-7-12-23)22-37-32-29(31)17-10-18-30(32)33(34,35)36/h5-18,20-22H,3-4,19H2,1-2H3. The Morgan fingerprint density at radius 3 is 2.17 bits per heavy atom. The van der Waals surface area contributed by atoms with Gasteiger partial charge in [-0.25, -0.2) is 8.42 Å². The summed E-state index contributed by atoms with van der Waals surface area (Å²) in [6.45, 7) is 4.24. The van der Waals surface area contributed by atoms with E-state index in [-0.39, 0.29) is 10.4 Å². The zero-order valence-corrected chi connectivity index (χ0v) is 23.9. The summed E-state index contributed by atoms with van der Waals surface area (Å²) in [6, 6.07) is 27.0. The lowest BCUT2D eigenvalue weighted by molar-refractivity contribution is -0.136. The molecule has 216 valence electrons. The van der Waals surface area contributed by atoms with Gasteiger partial charge < -0.3 is 4.74 Å². The van der Waals surface area contributed by atoms with Crippen LogP contribution in [0.5, 0.6) is 11.5 Å². The molecule has 0 saturated carbocycles. The van der Waals surface area contributed by atoms with Gasteiger partial charge in [-0.05, 0) is 59.0 Å². The number of halogens is 3. The Morgan fingerprint density at radius 1 is 0.810 bits per heavy atom. The number of alkyl halides is 3. The highest BCUT2D eigenvalue weighted by Crippen LogP contribution is 2.40. The minimum atomic E-state index is -4.56. The topological polar surface area (TPSA) is 59.5 Å². The lowest BCUT2D eigenvalue weighted by Crippen LogP contribution is -2.30. The van der Waals surface area contributed by atoms with Crippen LogP contribution in [-0.2, 0) is 22.6 Å². The van der Waals surface area contributed by atoms with E-state index in [0.717, 1.165) is 17.2 Å². The fourth-order valence-electron chi connectivity index (χ4n) is 5.05. The summed E-state index contributed by atoms with van der Waals surface area (Å²) < 4.78 is 75.3. The highest BCUT2D eigenvalue weighted by molar-refractivity contribution is 7.89. The summed E-state index contributed by atoms with van der Waals surface area (Å²) in [5, 5.41) is 0.378. The molecule has 5 aromatic rings. The van der Waals surface area contributed by atoms with Crippen LogP contribution >= 0.6 is 0 Å². The Hall–Kier alpha value is -4.21. The number of nitrogens with zero attached hydrogens (tertiary/aromatic N) is 2. The molecule has 5 rings (SSSR count). The van der Waals surface area contributed by atoms with Crippen LogP contribution < -0.4 is 4.74 Å². The molecule has 0 N–H and O–H groups in total. The molecule has 0 aliphatic rings. The van der Waals surface area contributed by atoms with E-state index in [1.54, 1.807) is 50.2 Å². The first-order chi connectivity index (χ1) is 20.1. The fraction of sp³-hybridized carbons (Fsp3) is 0.182. The average Bonchev–Trinajstić information content (AvgIpc) is 2.97. The van der Waals surface area contributed by atoms with Crippen molar-refractivity contribution < 1.29 is 26.3 Å². The zero-order chi connectivity index (χ0) is 29.9. The lowest BCUT2D eigenvalue weighted by Gasteiger charge is -2.19. The van der Waals surface area contributed by atoms with Crippen LogP contribution in [0.25, 0.3) is 22.0 Å². The number of hydrogen-bond donors (Lipinski definition) is 0. The second-order valence-electron chi connectivity index (χ2n) is 9.71. The van der Waals surface area contributed by atoms with Crippen molar-refractivity contribution in [1.82, 2.24) is 9.29 Å². The van der Waals surface area contributed by atoms with Gasteiger partial charge in [0.25, 0.3) is 0 Å². The molecule has 0 atom stereocenters. The number of pyridine rings is 1. The lowest BCUT2D eigenvalue weighted by atomic mass is 9.92. The first kappa shape index (κ1) is 29.3. The molecular weight excluding hydrogens is 561 g/mol. The highest BCUT2D eigenvalue weighted by atomic mass is 32.2.